The highest BCUT2D eigenvalue weighted by Gasteiger charge is 2.28. The van der Waals surface area contributed by atoms with Crippen molar-refractivity contribution in [1.29, 1.82) is 0 Å². The summed E-state index contributed by atoms with van der Waals surface area (Å²) in [6.45, 7) is 0. The van der Waals surface area contributed by atoms with Crippen LogP contribution in [0.1, 0.15) is 6.42 Å². The molecule has 3 nitrogen and oxygen atoms in total. The number of anilines is 1. The third kappa shape index (κ3) is 2.26. The predicted molar refractivity (Wildman–Crippen MR) is 59.1 cm³/mol. The minimum absolute atomic E-state index is 0.207. The molecule has 3 heteroatoms. The van der Waals surface area contributed by atoms with E-state index in [2.05, 4.69) is 5.32 Å². The van der Waals surface area contributed by atoms with Crippen LogP contribution in [0.2, 0.25) is 0 Å². The van der Waals surface area contributed by atoms with E-state index in [4.69, 9.17) is 0 Å². The number of para-hydroxylation sites is 1. The Morgan fingerprint density at radius 3 is 2.53 bits per heavy atom. The van der Waals surface area contributed by atoms with Crippen molar-refractivity contribution in [3.63, 3.8) is 0 Å². The molecule has 0 radical (unpaired) electrons. The third-order valence-electron chi connectivity index (χ3n) is 2.29. The van der Waals surface area contributed by atoms with Crippen molar-refractivity contribution < 1.29 is 10.2 Å². The highest BCUT2D eigenvalue weighted by molar-refractivity contribution is 5.50. The minimum Gasteiger partial charge on any atom is -0.361 e. The Kier molecular flexibility index (Phi) is 2.58. The van der Waals surface area contributed by atoms with Gasteiger partial charge in [-0.2, -0.15) is 0 Å². The fourth-order valence-electron chi connectivity index (χ4n) is 1.46. The van der Waals surface area contributed by atoms with Crippen LogP contribution < -0.4 is 5.32 Å². The van der Waals surface area contributed by atoms with Gasteiger partial charge in [0.1, 0.15) is 0 Å². The zero-order valence-electron chi connectivity index (χ0n) is 8.22. The molecule has 1 aliphatic carbocycles. The zero-order chi connectivity index (χ0) is 10.7. The maximum absolute atomic E-state index is 9.67. The maximum Gasteiger partial charge on any atom is 0.208 e. The molecule has 1 aromatic carbocycles. The molecule has 0 aliphatic heterocycles. The van der Waals surface area contributed by atoms with Crippen molar-refractivity contribution >= 4 is 5.69 Å². The molecule has 0 atom stereocenters. The molecule has 78 valence electrons. The molecule has 15 heavy (non-hydrogen) atoms. The molecule has 0 fully saturated rings. The molecule has 0 amide bonds. The highest BCUT2D eigenvalue weighted by atomic mass is 16.5. The summed E-state index contributed by atoms with van der Waals surface area (Å²) in [6.07, 6.45) is 5.39. The summed E-state index contributed by atoms with van der Waals surface area (Å²) in [6, 6.07) is 9.42. The molecule has 0 spiro atoms. The topological polar surface area (TPSA) is 52.5 Å². The van der Waals surface area contributed by atoms with E-state index in [1.165, 1.54) is 0 Å². The van der Waals surface area contributed by atoms with Crippen molar-refractivity contribution in [2.75, 3.05) is 5.32 Å². The van der Waals surface area contributed by atoms with Gasteiger partial charge in [0.25, 0.3) is 0 Å². The number of benzene rings is 1. The van der Waals surface area contributed by atoms with Gasteiger partial charge >= 0.3 is 0 Å². The second kappa shape index (κ2) is 3.88. The lowest BCUT2D eigenvalue weighted by Gasteiger charge is -2.26. The Morgan fingerprint density at radius 1 is 1.13 bits per heavy atom. The molecule has 0 aromatic heterocycles. The number of hydrogen-bond acceptors (Lipinski definition) is 3. The van der Waals surface area contributed by atoms with Gasteiger partial charge in [-0.3, -0.25) is 0 Å². The van der Waals surface area contributed by atoms with Crippen molar-refractivity contribution in [3.8, 4) is 0 Å². The second-order valence-electron chi connectivity index (χ2n) is 3.52. The molecular weight excluding hydrogens is 190 g/mol. The molecule has 1 aromatic rings. The van der Waals surface area contributed by atoms with Gasteiger partial charge in [0.2, 0.25) is 5.79 Å². The lowest BCUT2D eigenvalue weighted by atomic mass is 10.0. The van der Waals surface area contributed by atoms with Crippen LogP contribution in [-0.2, 0) is 0 Å². The van der Waals surface area contributed by atoms with Crippen LogP contribution in [0.25, 0.3) is 0 Å². The third-order valence-corrected chi connectivity index (χ3v) is 2.29. The lowest BCUT2D eigenvalue weighted by molar-refractivity contribution is -0.124. The van der Waals surface area contributed by atoms with E-state index in [0.29, 0.717) is 5.70 Å². The summed E-state index contributed by atoms with van der Waals surface area (Å²) in [5.74, 6) is -1.79. The molecule has 2 rings (SSSR count). The first kappa shape index (κ1) is 9.96. The number of hydrogen-bond donors (Lipinski definition) is 3. The van der Waals surface area contributed by atoms with Crippen LogP contribution in [0.5, 0.6) is 0 Å². The van der Waals surface area contributed by atoms with E-state index in [0.717, 1.165) is 5.69 Å². The van der Waals surface area contributed by atoms with E-state index >= 15 is 0 Å². The molecule has 0 unspecified atom stereocenters. The summed E-state index contributed by atoms with van der Waals surface area (Å²) >= 11 is 0. The van der Waals surface area contributed by atoms with Crippen LogP contribution in [0.15, 0.2) is 54.3 Å². The smallest absolute Gasteiger partial charge is 0.208 e. The maximum atomic E-state index is 9.67. The molecule has 1 aliphatic rings. The van der Waals surface area contributed by atoms with Gasteiger partial charge in [0.05, 0.1) is 5.70 Å². The van der Waals surface area contributed by atoms with E-state index in [-0.39, 0.29) is 6.42 Å². The quantitative estimate of drug-likeness (QED) is 0.640. The number of nitrogens with one attached hydrogen (secondary N) is 1. The standard InChI is InChI=1S/C12H13NO2/c14-12(15)9-5-4-8-11(12)13-10-6-2-1-3-7-10/h1-8,13-15H,9H2. The first-order valence-corrected chi connectivity index (χ1v) is 4.83. The number of rotatable bonds is 2. The van der Waals surface area contributed by atoms with Crippen molar-refractivity contribution in [2.24, 2.45) is 0 Å². The normalized spacial score (nSPS) is 18.4. The average Bonchev–Trinajstić information content (AvgIpc) is 2.23. The second-order valence-corrected chi connectivity index (χ2v) is 3.52. The average molecular weight is 203 g/mol. The molecule has 0 bridgehead atoms. The van der Waals surface area contributed by atoms with Gasteiger partial charge in [-0.15, -0.1) is 0 Å². The first-order chi connectivity index (χ1) is 7.18. The van der Waals surface area contributed by atoms with E-state index in [1.54, 1.807) is 18.2 Å². The fourth-order valence-corrected chi connectivity index (χ4v) is 1.46. The van der Waals surface area contributed by atoms with E-state index in [1.807, 2.05) is 30.3 Å². The number of aliphatic hydroxyl groups is 2. The minimum atomic E-state index is -1.79. The van der Waals surface area contributed by atoms with Crippen molar-refractivity contribution in [1.82, 2.24) is 0 Å². The fraction of sp³-hybridized carbons (Fsp3) is 0.167. The van der Waals surface area contributed by atoms with Gasteiger partial charge in [0, 0.05) is 12.1 Å². The van der Waals surface area contributed by atoms with E-state index < -0.39 is 5.79 Å². The van der Waals surface area contributed by atoms with Crippen molar-refractivity contribution in [2.45, 2.75) is 12.2 Å². The van der Waals surface area contributed by atoms with Crippen molar-refractivity contribution in [3.05, 3.63) is 54.3 Å². The molecule has 0 saturated carbocycles. The summed E-state index contributed by atoms with van der Waals surface area (Å²) < 4.78 is 0. The Balaban J connectivity index is 2.18. The first-order valence-electron chi connectivity index (χ1n) is 4.83. The van der Waals surface area contributed by atoms with Crippen LogP contribution in [0, 0.1) is 0 Å². The molecule has 3 N–H and O–H groups in total. The van der Waals surface area contributed by atoms with Gasteiger partial charge in [-0.1, -0.05) is 30.4 Å². The summed E-state index contributed by atoms with van der Waals surface area (Å²) in [7, 11) is 0. The summed E-state index contributed by atoms with van der Waals surface area (Å²) in [5.41, 5.74) is 1.24. The Labute approximate surface area is 88.4 Å². The van der Waals surface area contributed by atoms with Gasteiger partial charge in [-0.25, -0.2) is 0 Å². The Morgan fingerprint density at radius 2 is 1.87 bits per heavy atom. The largest absolute Gasteiger partial charge is 0.361 e. The Hall–Kier alpha value is -1.58. The summed E-state index contributed by atoms with van der Waals surface area (Å²) in [5, 5.41) is 22.3. The molecule has 0 saturated heterocycles. The van der Waals surface area contributed by atoms with Gasteiger partial charge in [0.15, 0.2) is 0 Å². The van der Waals surface area contributed by atoms with Crippen LogP contribution >= 0.6 is 0 Å². The zero-order valence-corrected chi connectivity index (χ0v) is 8.22. The lowest BCUT2D eigenvalue weighted by Crippen LogP contribution is -2.35. The SMILES string of the molecule is OC1(O)CC=CC=C1Nc1ccccc1. The van der Waals surface area contributed by atoms with Crippen LogP contribution in [-0.4, -0.2) is 16.0 Å². The monoisotopic (exact) mass is 203 g/mol. The molecule has 0 heterocycles. The van der Waals surface area contributed by atoms with E-state index in [9.17, 15) is 10.2 Å². The van der Waals surface area contributed by atoms with Gasteiger partial charge < -0.3 is 15.5 Å². The highest BCUT2D eigenvalue weighted by Crippen LogP contribution is 2.24. The Bertz CT molecular complexity index is 393. The van der Waals surface area contributed by atoms with Crippen LogP contribution in [0.3, 0.4) is 0 Å². The number of allylic oxidation sites excluding steroid dienone is 2. The van der Waals surface area contributed by atoms with Crippen LogP contribution in [0.4, 0.5) is 5.69 Å². The predicted octanol–water partition coefficient (Wildman–Crippen LogP) is 1.62. The summed E-state index contributed by atoms with van der Waals surface area (Å²) in [4.78, 5) is 0. The van der Waals surface area contributed by atoms with Gasteiger partial charge in [-0.05, 0) is 18.2 Å². The molecular formula is C12H13NO2.